The number of pyridine rings is 1. The Bertz CT molecular complexity index is 2830. The Morgan fingerprint density at radius 3 is 1.98 bits per heavy atom. The van der Waals surface area contributed by atoms with Gasteiger partial charge in [0, 0.05) is 49.5 Å². The molecule has 0 fully saturated rings. The van der Waals surface area contributed by atoms with Crippen LogP contribution in [0.15, 0.2) is 121 Å². The fourth-order valence-corrected chi connectivity index (χ4v) is 7.14. The number of nitrogens with zero attached hydrogens (tertiary/aromatic N) is 6. The monoisotopic (exact) mass is 560 g/mol. The fourth-order valence-electron chi connectivity index (χ4n) is 7.14. The maximum absolute atomic E-state index is 9.40. The zero-order valence-electron chi connectivity index (χ0n) is 23.2. The molecule has 0 atom stereocenters. The van der Waals surface area contributed by atoms with Crippen LogP contribution in [-0.4, -0.2) is 23.9 Å². The maximum atomic E-state index is 9.40. The first kappa shape index (κ1) is 23.3. The lowest BCUT2D eigenvalue weighted by atomic mass is 10.0. The summed E-state index contributed by atoms with van der Waals surface area (Å²) in [4.78, 5) is 15.0. The first-order valence-corrected chi connectivity index (χ1v) is 14.5. The molecular formula is C38H20N6. The lowest BCUT2D eigenvalue weighted by Crippen LogP contribution is -2.04. The maximum Gasteiger partial charge on any atom is 0.237 e. The second-order valence-corrected chi connectivity index (χ2v) is 11.2. The van der Waals surface area contributed by atoms with Crippen LogP contribution in [0.3, 0.4) is 0 Å². The van der Waals surface area contributed by atoms with Crippen molar-refractivity contribution in [2.24, 2.45) is 0 Å². The van der Waals surface area contributed by atoms with E-state index in [0.717, 1.165) is 38.4 Å². The Kier molecular flexibility index (Phi) is 4.43. The average molecular weight is 561 g/mol. The standard InChI is InChI=1S/C38H20N6/c39-21-22-15-17-23(18-16-22)34-27-11-7-19-40-37(27)42-38(41-34)44-31-13-5-2-9-25(31)29-20-28-24-8-1-4-12-30(24)43-32-14-6-3-10-26(32)33(35(28)43)36(29)44/h1-20H. The summed E-state index contributed by atoms with van der Waals surface area (Å²) >= 11 is 0. The second kappa shape index (κ2) is 8.37. The smallest absolute Gasteiger partial charge is 0.237 e. The van der Waals surface area contributed by atoms with Crippen LogP contribution >= 0.6 is 0 Å². The molecule has 0 saturated heterocycles. The van der Waals surface area contributed by atoms with Gasteiger partial charge >= 0.3 is 0 Å². The summed E-state index contributed by atoms with van der Waals surface area (Å²) in [7, 11) is 0. The SMILES string of the molecule is N#Cc1ccc(-c2nc(-n3c4ccccc4c4cc5c6ccccc6n6c7ccccc7c(c43)c56)nc3ncccc23)cc1. The summed E-state index contributed by atoms with van der Waals surface area (Å²) in [5.41, 5.74) is 8.61. The van der Waals surface area contributed by atoms with E-state index in [9.17, 15) is 5.26 Å². The molecule has 0 unspecified atom stereocenters. The van der Waals surface area contributed by atoms with Crippen LogP contribution < -0.4 is 0 Å². The minimum Gasteiger partial charge on any atom is -0.308 e. The van der Waals surface area contributed by atoms with Gasteiger partial charge in [-0.15, -0.1) is 0 Å². The third-order valence-electron chi connectivity index (χ3n) is 8.95. The van der Waals surface area contributed by atoms with E-state index in [4.69, 9.17) is 9.97 Å². The molecule has 0 saturated carbocycles. The van der Waals surface area contributed by atoms with Crippen LogP contribution in [0.25, 0.3) is 88.1 Å². The van der Waals surface area contributed by atoms with Gasteiger partial charge in [0.1, 0.15) is 0 Å². The van der Waals surface area contributed by atoms with Crippen LogP contribution in [0.2, 0.25) is 0 Å². The van der Waals surface area contributed by atoms with Crippen molar-refractivity contribution in [3.05, 3.63) is 127 Å². The van der Waals surface area contributed by atoms with Gasteiger partial charge in [0.15, 0.2) is 5.65 Å². The molecule has 6 nitrogen and oxygen atoms in total. The predicted octanol–water partition coefficient (Wildman–Crippen LogP) is 8.81. The number of hydrogen-bond donors (Lipinski definition) is 0. The van der Waals surface area contributed by atoms with E-state index < -0.39 is 0 Å². The number of fused-ring (bicyclic) bond motifs is 11. The van der Waals surface area contributed by atoms with E-state index in [1.165, 1.54) is 38.1 Å². The van der Waals surface area contributed by atoms with Gasteiger partial charge in [-0.1, -0.05) is 66.7 Å². The summed E-state index contributed by atoms with van der Waals surface area (Å²) in [5.74, 6) is 0.560. The Balaban J connectivity index is 1.43. The lowest BCUT2D eigenvalue weighted by Gasteiger charge is -2.12. The van der Waals surface area contributed by atoms with Gasteiger partial charge in [-0.2, -0.15) is 10.2 Å². The van der Waals surface area contributed by atoms with Gasteiger partial charge in [0.25, 0.3) is 0 Å². The summed E-state index contributed by atoms with van der Waals surface area (Å²) < 4.78 is 4.62. The first-order chi connectivity index (χ1) is 21.8. The summed E-state index contributed by atoms with van der Waals surface area (Å²) in [6.45, 7) is 0. The highest BCUT2D eigenvalue weighted by Crippen LogP contribution is 2.46. The molecule has 202 valence electrons. The van der Waals surface area contributed by atoms with Crippen LogP contribution in [0, 0.1) is 11.3 Å². The van der Waals surface area contributed by atoms with Gasteiger partial charge in [-0.25, -0.2) is 9.97 Å². The van der Waals surface area contributed by atoms with Crippen molar-refractivity contribution in [2.45, 2.75) is 0 Å². The van der Waals surface area contributed by atoms with Crippen molar-refractivity contribution in [3.8, 4) is 23.3 Å². The zero-order chi connectivity index (χ0) is 28.9. The number of nitriles is 1. The molecular weight excluding hydrogens is 540 g/mol. The molecule has 0 amide bonds. The largest absolute Gasteiger partial charge is 0.308 e. The third kappa shape index (κ3) is 2.90. The van der Waals surface area contributed by atoms with Crippen LogP contribution in [-0.2, 0) is 0 Å². The average Bonchev–Trinajstić information content (AvgIpc) is 3.72. The quantitative estimate of drug-likeness (QED) is 0.212. The minimum absolute atomic E-state index is 0.560. The number of rotatable bonds is 2. The predicted molar refractivity (Wildman–Crippen MR) is 176 cm³/mol. The first-order valence-electron chi connectivity index (χ1n) is 14.5. The molecule has 44 heavy (non-hydrogen) atoms. The molecule has 0 N–H and O–H groups in total. The Morgan fingerprint density at radius 2 is 1.20 bits per heavy atom. The Labute approximate surface area is 250 Å². The van der Waals surface area contributed by atoms with Crippen molar-refractivity contribution in [1.82, 2.24) is 23.9 Å². The number of benzene rings is 5. The van der Waals surface area contributed by atoms with E-state index in [-0.39, 0.29) is 0 Å². The Morgan fingerprint density at radius 1 is 0.568 bits per heavy atom. The van der Waals surface area contributed by atoms with Crippen LogP contribution in [0.1, 0.15) is 5.56 Å². The van der Waals surface area contributed by atoms with Crippen molar-refractivity contribution in [3.63, 3.8) is 0 Å². The van der Waals surface area contributed by atoms with Crippen molar-refractivity contribution < 1.29 is 0 Å². The molecule has 6 heteroatoms. The molecule has 0 bridgehead atoms. The van der Waals surface area contributed by atoms with Crippen molar-refractivity contribution in [2.75, 3.05) is 0 Å². The summed E-state index contributed by atoms with van der Waals surface area (Å²) in [5, 5.41) is 17.4. The summed E-state index contributed by atoms with van der Waals surface area (Å²) in [6.07, 6.45) is 1.77. The highest BCUT2D eigenvalue weighted by Gasteiger charge is 2.25. The van der Waals surface area contributed by atoms with Gasteiger partial charge < -0.3 is 4.40 Å². The molecule has 0 spiro atoms. The van der Waals surface area contributed by atoms with E-state index >= 15 is 0 Å². The second-order valence-electron chi connectivity index (χ2n) is 11.2. The molecule has 0 aliphatic heterocycles. The van der Waals surface area contributed by atoms with Crippen molar-refractivity contribution >= 4 is 70.9 Å². The number of hydrogen-bond acceptors (Lipinski definition) is 4. The van der Waals surface area contributed by atoms with E-state index in [1.807, 2.05) is 36.4 Å². The molecule has 10 rings (SSSR count). The highest BCUT2D eigenvalue weighted by molar-refractivity contribution is 6.34. The van der Waals surface area contributed by atoms with Gasteiger partial charge in [-0.3, -0.25) is 4.57 Å². The van der Waals surface area contributed by atoms with Gasteiger partial charge in [0.05, 0.1) is 44.9 Å². The van der Waals surface area contributed by atoms with Gasteiger partial charge in [0.2, 0.25) is 5.95 Å². The van der Waals surface area contributed by atoms with Crippen molar-refractivity contribution in [1.29, 1.82) is 5.26 Å². The Hall–Kier alpha value is -6.32. The molecule has 0 aliphatic carbocycles. The van der Waals surface area contributed by atoms with E-state index in [2.05, 4.69) is 98.9 Å². The van der Waals surface area contributed by atoms with E-state index in [1.54, 1.807) is 6.20 Å². The summed E-state index contributed by atoms with van der Waals surface area (Å²) in [6, 6.07) is 41.8. The molecule has 5 heterocycles. The van der Waals surface area contributed by atoms with Gasteiger partial charge in [-0.05, 0) is 48.5 Å². The molecule has 10 aromatic rings. The van der Waals surface area contributed by atoms with E-state index in [0.29, 0.717) is 17.2 Å². The zero-order valence-corrected chi connectivity index (χ0v) is 23.2. The number of aromatic nitrogens is 5. The number of para-hydroxylation sites is 3. The molecule has 5 aromatic heterocycles. The van der Waals surface area contributed by atoms with Crippen LogP contribution in [0.5, 0.6) is 0 Å². The lowest BCUT2D eigenvalue weighted by molar-refractivity contribution is 1.01. The molecule has 0 aliphatic rings. The molecule has 0 radical (unpaired) electrons. The third-order valence-corrected chi connectivity index (χ3v) is 8.95. The normalized spacial score (nSPS) is 12.1. The molecule has 5 aromatic carbocycles. The highest BCUT2D eigenvalue weighted by atomic mass is 15.2. The fraction of sp³-hybridized carbons (Fsp3) is 0. The van der Waals surface area contributed by atoms with Crippen LogP contribution in [0.4, 0.5) is 0 Å². The topological polar surface area (TPSA) is 71.8 Å². The minimum atomic E-state index is 0.560.